The maximum absolute atomic E-state index is 12.5. The topological polar surface area (TPSA) is 37.3 Å². The second-order valence-corrected chi connectivity index (χ2v) is 2.75. The van der Waals surface area contributed by atoms with Gasteiger partial charge in [0.25, 0.3) is 12.1 Å². The first kappa shape index (κ1) is 13.8. The van der Waals surface area contributed by atoms with E-state index in [4.69, 9.17) is 5.11 Å². The number of carbonyl (C=O) groups is 1. The molecule has 0 amide bonds. The highest BCUT2D eigenvalue weighted by Gasteiger charge is 2.56. The summed E-state index contributed by atoms with van der Waals surface area (Å²) in [4.78, 5) is 10.0. The number of alkyl halides is 6. The van der Waals surface area contributed by atoms with Crippen LogP contribution >= 0.6 is 0 Å². The van der Waals surface area contributed by atoms with Crippen molar-refractivity contribution in [2.45, 2.75) is 24.7 Å². The predicted octanol–water partition coefficient (Wildman–Crippen LogP) is 2.55. The van der Waals surface area contributed by atoms with Crippen molar-refractivity contribution in [3.05, 3.63) is 12.2 Å². The van der Waals surface area contributed by atoms with Gasteiger partial charge in [0.2, 0.25) is 0 Å². The molecule has 0 aliphatic heterocycles. The number of hydrogen-bond donors (Lipinski definition) is 1. The molecular weight excluding hydrogens is 230 g/mol. The molecule has 0 saturated heterocycles. The van der Waals surface area contributed by atoms with Gasteiger partial charge in [0.1, 0.15) is 0 Å². The largest absolute Gasteiger partial charge is 0.478 e. The van der Waals surface area contributed by atoms with Crippen molar-refractivity contribution in [1.29, 1.82) is 0 Å². The van der Waals surface area contributed by atoms with Crippen LogP contribution in [0.5, 0.6) is 0 Å². The molecule has 15 heavy (non-hydrogen) atoms. The van der Waals surface area contributed by atoms with Gasteiger partial charge >= 0.3 is 12.1 Å². The maximum Gasteiger partial charge on any atom is 0.425 e. The summed E-state index contributed by atoms with van der Waals surface area (Å²) in [5, 5.41) is 8.09. The molecule has 0 radical (unpaired) electrons. The molecule has 0 aliphatic carbocycles. The summed E-state index contributed by atoms with van der Waals surface area (Å²) in [6.07, 6.45) is -12.0. The van der Waals surface area contributed by atoms with Crippen molar-refractivity contribution in [2.75, 3.05) is 0 Å². The van der Waals surface area contributed by atoms with E-state index in [0.717, 1.165) is 0 Å². The van der Waals surface area contributed by atoms with Gasteiger partial charge < -0.3 is 5.11 Å². The number of rotatable bonds is 4. The Morgan fingerprint density at radius 1 is 1.27 bits per heavy atom. The zero-order valence-electron chi connectivity index (χ0n) is 7.11. The second kappa shape index (κ2) is 4.11. The van der Waals surface area contributed by atoms with Crippen molar-refractivity contribution >= 4 is 5.97 Å². The molecule has 0 rings (SSSR count). The van der Waals surface area contributed by atoms with Crippen molar-refractivity contribution in [3.8, 4) is 0 Å². The molecule has 1 atom stereocenters. The number of carboxylic acid groups (broad SMARTS) is 1. The molecule has 0 fully saturated rings. The number of hydrogen-bond acceptors (Lipinski definition) is 1. The minimum Gasteiger partial charge on any atom is -0.478 e. The molecule has 1 N–H and O–H groups in total. The van der Waals surface area contributed by atoms with E-state index >= 15 is 0 Å². The Morgan fingerprint density at radius 2 is 1.67 bits per heavy atom. The van der Waals surface area contributed by atoms with Crippen LogP contribution in [0.15, 0.2) is 12.2 Å². The van der Waals surface area contributed by atoms with Gasteiger partial charge in [0.15, 0.2) is 0 Å². The fourth-order valence-corrected chi connectivity index (χ4v) is 0.689. The fourth-order valence-electron chi connectivity index (χ4n) is 0.689. The average molecular weight is 236 g/mol. The van der Waals surface area contributed by atoms with Crippen molar-refractivity contribution in [2.24, 2.45) is 0 Å². The first-order valence-corrected chi connectivity index (χ1v) is 3.48. The van der Waals surface area contributed by atoms with Crippen LogP contribution in [0, 0.1) is 0 Å². The summed E-state index contributed by atoms with van der Waals surface area (Å²) in [6.45, 7) is 2.59. The summed E-state index contributed by atoms with van der Waals surface area (Å²) in [5.41, 5.74) is -1.19. The zero-order valence-corrected chi connectivity index (χ0v) is 7.11. The quantitative estimate of drug-likeness (QED) is 0.601. The third-order valence-corrected chi connectivity index (χ3v) is 1.41. The Hall–Kier alpha value is -1.21. The lowest BCUT2D eigenvalue weighted by atomic mass is 10.0. The normalized spacial score (nSPS) is 14.8. The summed E-state index contributed by atoms with van der Waals surface area (Å²) in [6, 6.07) is 0. The lowest BCUT2D eigenvalue weighted by Crippen LogP contribution is -2.42. The highest BCUT2D eigenvalue weighted by atomic mass is 19.4. The van der Waals surface area contributed by atoms with E-state index in [1.165, 1.54) is 0 Å². The Bertz CT molecular complexity index is 269. The van der Waals surface area contributed by atoms with Gasteiger partial charge in [-0.25, -0.2) is 18.0 Å². The van der Waals surface area contributed by atoms with Crippen LogP contribution in [0.2, 0.25) is 0 Å². The van der Waals surface area contributed by atoms with E-state index < -0.39 is 36.2 Å². The third kappa shape index (κ3) is 3.80. The SMILES string of the molecule is C=C(CC(F)(F)C(F)C(F)(F)F)C(=O)O. The monoisotopic (exact) mass is 236 g/mol. The molecule has 0 aliphatic rings. The van der Waals surface area contributed by atoms with E-state index in [0.29, 0.717) is 0 Å². The van der Waals surface area contributed by atoms with Gasteiger partial charge in [-0.3, -0.25) is 0 Å². The van der Waals surface area contributed by atoms with Crippen LogP contribution in [0.1, 0.15) is 6.42 Å². The van der Waals surface area contributed by atoms with Crippen molar-refractivity contribution in [1.82, 2.24) is 0 Å². The highest BCUT2D eigenvalue weighted by Crippen LogP contribution is 2.38. The van der Waals surface area contributed by atoms with E-state index in [9.17, 15) is 31.1 Å². The fraction of sp³-hybridized carbons (Fsp3) is 0.571. The number of aliphatic carboxylic acids is 1. The third-order valence-electron chi connectivity index (χ3n) is 1.41. The molecule has 0 spiro atoms. The van der Waals surface area contributed by atoms with Gasteiger partial charge in [-0.1, -0.05) is 6.58 Å². The van der Waals surface area contributed by atoms with E-state index in [1.54, 1.807) is 0 Å². The van der Waals surface area contributed by atoms with E-state index in [-0.39, 0.29) is 0 Å². The molecule has 0 saturated carbocycles. The lowest BCUT2D eigenvalue weighted by Gasteiger charge is -2.22. The molecule has 0 aromatic carbocycles. The minimum atomic E-state index is -5.73. The zero-order chi connectivity index (χ0) is 12.4. The molecule has 1 unspecified atom stereocenters. The summed E-state index contributed by atoms with van der Waals surface area (Å²) in [5.74, 6) is -6.72. The van der Waals surface area contributed by atoms with Gasteiger partial charge in [0, 0.05) is 12.0 Å². The summed E-state index contributed by atoms with van der Waals surface area (Å²) < 4.78 is 71.9. The molecule has 0 bridgehead atoms. The van der Waals surface area contributed by atoms with Crippen molar-refractivity contribution in [3.63, 3.8) is 0 Å². The van der Waals surface area contributed by atoms with Gasteiger partial charge in [-0.2, -0.15) is 13.2 Å². The van der Waals surface area contributed by atoms with Gasteiger partial charge in [-0.05, 0) is 0 Å². The summed E-state index contributed by atoms with van der Waals surface area (Å²) in [7, 11) is 0. The Kier molecular flexibility index (Phi) is 3.78. The predicted molar refractivity (Wildman–Crippen MR) is 37.3 cm³/mol. The standard InChI is InChI=1S/C7H6F6O2/c1-3(4(14)15)2-6(9,10)5(8)7(11,12)13/h5H,1-2H2,(H,14,15). The first-order valence-electron chi connectivity index (χ1n) is 3.48. The van der Waals surface area contributed by atoms with Crippen LogP contribution in [0.25, 0.3) is 0 Å². The molecule has 0 aromatic heterocycles. The van der Waals surface area contributed by atoms with Crippen molar-refractivity contribution < 1.29 is 36.2 Å². The molecule has 0 heterocycles. The van der Waals surface area contributed by atoms with Crippen LogP contribution in [-0.4, -0.2) is 29.3 Å². The Morgan fingerprint density at radius 3 is 1.93 bits per heavy atom. The summed E-state index contributed by atoms with van der Waals surface area (Å²) >= 11 is 0. The average Bonchev–Trinajstić information content (AvgIpc) is 2.00. The van der Waals surface area contributed by atoms with Gasteiger partial charge in [-0.15, -0.1) is 0 Å². The number of carboxylic acids is 1. The minimum absolute atomic E-state index is 1.19. The van der Waals surface area contributed by atoms with Gasteiger partial charge in [0.05, 0.1) is 0 Å². The molecule has 8 heteroatoms. The molecule has 88 valence electrons. The lowest BCUT2D eigenvalue weighted by molar-refractivity contribution is -0.243. The van der Waals surface area contributed by atoms with E-state index in [2.05, 4.69) is 6.58 Å². The van der Waals surface area contributed by atoms with E-state index in [1.807, 2.05) is 0 Å². The Labute approximate surface area is 80.2 Å². The Balaban J connectivity index is 4.69. The highest BCUT2D eigenvalue weighted by molar-refractivity contribution is 5.85. The van der Waals surface area contributed by atoms with Crippen LogP contribution < -0.4 is 0 Å². The molecular formula is C7H6F6O2. The smallest absolute Gasteiger partial charge is 0.425 e. The molecule has 2 nitrogen and oxygen atoms in total. The second-order valence-electron chi connectivity index (χ2n) is 2.75. The van der Waals surface area contributed by atoms with Crippen LogP contribution in [0.3, 0.4) is 0 Å². The number of halogens is 6. The first-order chi connectivity index (χ1) is 6.48. The maximum atomic E-state index is 12.5. The molecule has 0 aromatic rings. The van der Waals surface area contributed by atoms with Crippen LogP contribution in [0.4, 0.5) is 26.3 Å². The van der Waals surface area contributed by atoms with Crippen LogP contribution in [-0.2, 0) is 4.79 Å².